The monoisotopic (exact) mass is 278 g/mol. The highest BCUT2D eigenvalue weighted by atomic mass is 79.9. The normalized spacial score (nSPS) is 23.4. The van der Waals surface area contributed by atoms with Crippen molar-refractivity contribution in [2.75, 3.05) is 0 Å². The summed E-state index contributed by atoms with van der Waals surface area (Å²) in [6.07, 6.45) is -2.82. The van der Waals surface area contributed by atoms with Gasteiger partial charge in [-0.05, 0) is 0 Å². The SMILES string of the molecule is OC(Br)C(O)C(O)C(O)Br. The number of hydrogen-bond acceptors (Lipinski definition) is 4. The second kappa shape index (κ2) is 4.63. The molecular weight excluding hydrogens is 272 g/mol. The zero-order chi connectivity index (χ0) is 8.31. The van der Waals surface area contributed by atoms with E-state index in [4.69, 9.17) is 20.4 Å². The molecule has 62 valence electrons. The molecule has 0 bridgehead atoms. The number of rotatable bonds is 3. The van der Waals surface area contributed by atoms with Crippen LogP contribution in [0.3, 0.4) is 0 Å². The van der Waals surface area contributed by atoms with Gasteiger partial charge in [-0.1, -0.05) is 31.9 Å². The van der Waals surface area contributed by atoms with Gasteiger partial charge < -0.3 is 20.4 Å². The second-order valence-electron chi connectivity index (χ2n) is 1.73. The third kappa shape index (κ3) is 3.27. The van der Waals surface area contributed by atoms with Crippen molar-refractivity contribution < 1.29 is 20.4 Å². The fraction of sp³-hybridized carbons (Fsp3) is 1.00. The molecule has 0 aromatic rings. The van der Waals surface area contributed by atoms with E-state index in [2.05, 4.69) is 31.9 Å². The Hall–Kier alpha value is 0.800. The van der Waals surface area contributed by atoms with Crippen molar-refractivity contribution in [1.82, 2.24) is 0 Å². The molecular formula is C4H8Br2O4. The molecule has 10 heavy (non-hydrogen) atoms. The Morgan fingerprint density at radius 2 is 0.900 bits per heavy atom. The Balaban J connectivity index is 3.81. The van der Waals surface area contributed by atoms with Crippen LogP contribution >= 0.6 is 31.9 Å². The summed E-state index contributed by atoms with van der Waals surface area (Å²) in [4.78, 5) is 0. The number of aliphatic hydroxyl groups excluding tert-OH is 4. The van der Waals surface area contributed by atoms with Crippen molar-refractivity contribution in [3.8, 4) is 0 Å². The second-order valence-corrected chi connectivity index (χ2v) is 3.60. The maximum absolute atomic E-state index is 8.83. The van der Waals surface area contributed by atoms with Crippen molar-refractivity contribution >= 4 is 31.9 Å². The van der Waals surface area contributed by atoms with Gasteiger partial charge in [-0.25, -0.2) is 0 Å². The Bertz CT molecular complexity index is 85.3. The quantitative estimate of drug-likeness (QED) is 0.507. The van der Waals surface area contributed by atoms with Gasteiger partial charge in [-0.2, -0.15) is 0 Å². The van der Waals surface area contributed by atoms with Gasteiger partial charge in [0.1, 0.15) is 22.2 Å². The van der Waals surface area contributed by atoms with E-state index in [-0.39, 0.29) is 0 Å². The van der Waals surface area contributed by atoms with Gasteiger partial charge in [0.2, 0.25) is 0 Å². The van der Waals surface area contributed by atoms with Crippen LogP contribution in [-0.4, -0.2) is 42.7 Å². The summed E-state index contributed by atoms with van der Waals surface area (Å²) in [5, 5.41) is 32.4. The molecule has 0 saturated heterocycles. The minimum Gasteiger partial charge on any atom is -0.387 e. The molecule has 0 spiro atoms. The van der Waals surface area contributed by atoms with Crippen LogP contribution in [0.1, 0.15) is 0 Å². The Labute approximate surface area is 74.7 Å². The Morgan fingerprint density at radius 3 is 1.00 bits per heavy atom. The number of halogens is 2. The Morgan fingerprint density at radius 1 is 0.700 bits per heavy atom. The minimum absolute atomic E-state index is 1.24. The van der Waals surface area contributed by atoms with Gasteiger partial charge in [0, 0.05) is 0 Å². The molecule has 0 aliphatic rings. The summed E-state index contributed by atoms with van der Waals surface area (Å²) in [6.45, 7) is 0. The number of hydrogen-bond donors (Lipinski definition) is 4. The molecule has 0 aliphatic carbocycles. The molecule has 0 aliphatic heterocycles. The first kappa shape index (κ1) is 10.8. The maximum atomic E-state index is 8.83. The van der Waals surface area contributed by atoms with E-state index in [1.54, 1.807) is 0 Å². The molecule has 0 saturated carbocycles. The smallest absolute Gasteiger partial charge is 0.137 e. The fourth-order valence-corrected chi connectivity index (χ4v) is 0.951. The molecule has 4 unspecified atom stereocenters. The molecule has 0 amide bonds. The van der Waals surface area contributed by atoms with Crippen molar-refractivity contribution in [2.45, 2.75) is 22.2 Å². The van der Waals surface area contributed by atoms with Crippen LogP contribution in [0.5, 0.6) is 0 Å². The van der Waals surface area contributed by atoms with Crippen LogP contribution in [0.25, 0.3) is 0 Å². The van der Waals surface area contributed by atoms with Crippen LogP contribution in [0.15, 0.2) is 0 Å². The molecule has 0 rings (SSSR count). The van der Waals surface area contributed by atoms with Crippen LogP contribution in [0.4, 0.5) is 0 Å². The largest absolute Gasteiger partial charge is 0.387 e. The lowest BCUT2D eigenvalue weighted by Crippen LogP contribution is -2.39. The Kier molecular flexibility index (Phi) is 5.00. The lowest BCUT2D eigenvalue weighted by molar-refractivity contribution is -0.0551. The highest BCUT2D eigenvalue weighted by Gasteiger charge is 2.26. The molecule has 0 aromatic heterocycles. The van der Waals surface area contributed by atoms with E-state index in [0.717, 1.165) is 0 Å². The number of alkyl halides is 2. The summed E-state index contributed by atoms with van der Waals surface area (Å²) in [6, 6.07) is 0. The zero-order valence-corrected chi connectivity index (χ0v) is 8.03. The van der Waals surface area contributed by atoms with Crippen LogP contribution in [0.2, 0.25) is 0 Å². The minimum atomic E-state index is -1.41. The van der Waals surface area contributed by atoms with Crippen LogP contribution < -0.4 is 0 Å². The third-order valence-electron chi connectivity index (χ3n) is 0.914. The van der Waals surface area contributed by atoms with Crippen LogP contribution in [0, 0.1) is 0 Å². The molecule has 0 radical (unpaired) electrons. The van der Waals surface area contributed by atoms with E-state index in [9.17, 15) is 0 Å². The predicted octanol–water partition coefficient (Wildman–Crippen LogP) is -0.865. The molecule has 4 nitrogen and oxygen atoms in total. The highest BCUT2D eigenvalue weighted by molar-refractivity contribution is 9.09. The van der Waals surface area contributed by atoms with Gasteiger partial charge in [0.05, 0.1) is 0 Å². The van der Waals surface area contributed by atoms with Gasteiger partial charge >= 0.3 is 0 Å². The van der Waals surface area contributed by atoms with E-state index in [1.165, 1.54) is 0 Å². The lowest BCUT2D eigenvalue weighted by Gasteiger charge is -2.19. The lowest BCUT2D eigenvalue weighted by atomic mass is 10.2. The van der Waals surface area contributed by atoms with Gasteiger partial charge in [-0.3, -0.25) is 0 Å². The first-order chi connectivity index (χ1) is 4.46. The van der Waals surface area contributed by atoms with E-state index < -0.39 is 22.2 Å². The topological polar surface area (TPSA) is 80.9 Å². The fourth-order valence-electron chi connectivity index (χ4n) is 0.325. The standard InChI is InChI=1S/C4H8Br2O4/c5-3(9)1(7)2(8)4(6)10/h1-4,7-10H. The van der Waals surface area contributed by atoms with Gasteiger partial charge in [0.25, 0.3) is 0 Å². The first-order valence-electron chi connectivity index (χ1n) is 2.47. The predicted molar refractivity (Wildman–Crippen MR) is 41.9 cm³/mol. The summed E-state index contributed by atoms with van der Waals surface area (Å²) < 4.78 is 0. The maximum Gasteiger partial charge on any atom is 0.137 e. The van der Waals surface area contributed by atoms with Crippen LogP contribution in [-0.2, 0) is 0 Å². The van der Waals surface area contributed by atoms with E-state index in [0.29, 0.717) is 0 Å². The highest BCUT2D eigenvalue weighted by Crippen LogP contribution is 2.12. The van der Waals surface area contributed by atoms with E-state index in [1.807, 2.05) is 0 Å². The summed E-state index contributed by atoms with van der Waals surface area (Å²) in [7, 11) is 0. The summed E-state index contributed by atoms with van der Waals surface area (Å²) in [5.74, 6) is 0. The molecule has 6 heteroatoms. The van der Waals surface area contributed by atoms with Gasteiger partial charge in [0.15, 0.2) is 0 Å². The van der Waals surface area contributed by atoms with Crippen molar-refractivity contribution in [1.29, 1.82) is 0 Å². The average Bonchev–Trinajstić information content (AvgIpc) is 1.84. The van der Waals surface area contributed by atoms with E-state index >= 15 is 0 Å². The third-order valence-corrected chi connectivity index (χ3v) is 2.00. The van der Waals surface area contributed by atoms with Crippen molar-refractivity contribution in [3.05, 3.63) is 0 Å². The molecule has 0 fully saturated rings. The molecule has 4 N–H and O–H groups in total. The molecule has 0 aromatic carbocycles. The van der Waals surface area contributed by atoms with Crippen molar-refractivity contribution in [2.24, 2.45) is 0 Å². The first-order valence-corrected chi connectivity index (χ1v) is 4.30. The number of aliphatic hydroxyl groups is 4. The van der Waals surface area contributed by atoms with Gasteiger partial charge in [-0.15, -0.1) is 0 Å². The molecule has 0 heterocycles. The van der Waals surface area contributed by atoms with Crippen molar-refractivity contribution in [3.63, 3.8) is 0 Å². The average molecular weight is 280 g/mol. The molecule has 4 atom stereocenters. The summed E-state index contributed by atoms with van der Waals surface area (Å²) in [5.41, 5.74) is 0. The zero-order valence-electron chi connectivity index (χ0n) is 4.85. The summed E-state index contributed by atoms with van der Waals surface area (Å²) >= 11 is 5.24.